The van der Waals surface area contributed by atoms with E-state index < -0.39 is 0 Å². The van der Waals surface area contributed by atoms with Crippen molar-refractivity contribution < 1.29 is 0 Å². The van der Waals surface area contributed by atoms with Gasteiger partial charge in [-0.1, -0.05) is 6.07 Å². The van der Waals surface area contributed by atoms with Crippen LogP contribution >= 0.6 is 0 Å². The van der Waals surface area contributed by atoms with Gasteiger partial charge in [0, 0.05) is 25.7 Å². The number of nitrogens with one attached hydrogen (secondary N) is 1. The minimum Gasteiger partial charge on any atom is -0.379 e. The van der Waals surface area contributed by atoms with Gasteiger partial charge in [-0.25, -0.2) is 0 Å². The second-order valence-corrected chi connectivity index (χ2v) is 4.14. The number of hydrogen-bond donors (Lipinski definition) is 2. The van der Waals surface area contributed by atoms with Crippen LogP contribution in [0.4, 0.5) is 11.4 Å². The van der Waals surface area contributed by atoms with Crippen molar-refractivity contribution in [3.8, 4) is 0 Å². The van der Waals surface area contributed by atoms with Crippen molar-refractivity contribution in [3.05, 3.63) is 23.8 Å². The summed E-state index contributed by atoms with van der Waals surface area (Å²) in [6.07, 6.45) is 0. The Hall–Kier alpha value is -1.22. The molecule has 0 bridgehead atoms. The topological polar surface area (TPSA) is 41.3 Å². The first-order chi connectivity index (χ1) is 7.24. The van der Waals surface area contributed by atoms with E-state index in [1.165, 1.54) is 16.9 Å². The number of rotatable bonds is 2. The molecule has 15 heavy (non-hydrogen) atoms. The molecule has 1 aromatic rings. The summed E-state index contributed by atoms with van der Waals surface area (Å²) in [5.74, 6) is 0. The van der Waals surface area contributed by atoms with Crippen molar-refractivity contribution in [2.75, 3.05) is 23.3 Å². The number of nitrogens with zero attached hydrogens (tertiary/aromatic N) is 1. The molecule has 1 aliphatic rings. The van der Waals surface area contributed by atoms with Crippen molar-refractivity contribution in [2.24, 2.45) is 5.73 Å². The van der Waals surface area contributed by atoms with Crippen LogP contribution in [0, 0.1) is 0 Å². The van der Waals surface area contributed by atoms with Crippen LogP contribution in [0.15, 0.2) is 18.2 Å². The number of benzene rings is 1. The van der Waals surface area contributed by atoms with Gasteiger partial charge in [-0.05, 0) is 31.5 Å². The summed E-state index contributed by atoms with van der Waals surface area (Å²) in [6.45, 7) is 7.14. The first-order valence-electron chi connectivity index (χ1n) is 5.59. The average molecular weight is 205 g/mol. The van der Waals surface area contributed by atoms with Crippen molar-refractivity contribution >= 4 is 11.4 Å². The maximum atomic E-state index is 5.64. The van der Waals surface area contributed by atoms with Gasteiger partial charge in [-0.3, -0.25) is 0 Å². The third-order valence-electron chi connectivity index (χ3n) is 2.92. The molecule has 82 valence electrons. The molecule has 1 unspecified atom stereocenters. The Labute approximate surface area is 91.3 Å². The fourth-order valence-corrected chi connectivity index (χ4v) is 2.14. The predicted molar refractivity (Wildman–Crippen MR) is 65.3 cm³/mol. The zero-order valence-electron chi connectivity index (χ0n) is 9.46. The van der Waals surface area contributed by atoms with Crippen LogP contribution in [0.1, 0.15) is 19.4 Å². The molecule has 1 atom stereocenters. The first-order valence-corrected chi connectivity index (χ1v) is 5.59. The Balaban J connectivity index is 2.37. The van der Waals surface area contributed by atoms with E-state index in [-0.39, 0.29) is 0 Å². The molecule has 0 aromatic heterocycles. The van der Waals surface area contributed by atoms with E-state index in [4.69, 9.17) is 5.73 Å². The molecule has 0 aliphatic carbocycles. The van der Waals surface area contributed by atoms with Crippen molar-refractivity contribution in [1.82, 2.24) is 0 Å². The van der Waals surface area contributed by atoms with E-state index in [0.29, 0.717) is 12.6 Å². The van der Waals surface area contributed by atoms with Crippen LogP contribution in [0.5, 0.6) is 0 Å². The van der Waals surface area contributed by atoms with E-state index in [1.807, 2.05) is 0 Å². The van der Waals surface area contributed by atoms with Gasteiger partial charge in [-0.15, -0.1) is 0 Å². The quantitative estimate of drug-likeness (QED) is 0.773. The molecule has 0 fully saturated rings. The van der Waals surface area contributed by atoms with Gasteiger partial charge in [0.25, 0.3) is 0 Å². The second kappa shape index (κ2) is 4.11. The third-order valence-corrected chi connectivity index (χ3v) is 2.92. The molecule has 2 rings (SSSR count). The molecule has 3 N–H and O–H groups in total. The molecule has 0 saturated heterocycles. The van der Waals surface area contributed by atoms with E-state index in [0.717, 1.165) is 13.1 Å². The summed E-state index contributed by atoms with van der Waals surface area (Å²) in [6, 6.07) is 6.94. The lowest BCUT2D eigenvalue weighted by molar-refractivity contribution is 0.703. The minimum absolute atomic E-state index is 0.505. The minimum atomic E-state index is 0.505. The predicted octanol–water partition coefficient (Wildman–Crippen LogP) is 1.79. The maximum Gasteiger partial charge on any atom is 0.0602 e. The highest BCUT2D eigenvalue weighted by Crippen LogP contribution is 2.31. The highest BCUT2D eigenvalue weighted by Gasteiger charge is 2.19. The second-order valence-electron chi connectivity index (χ2n) is 4.14. The van der Waals surface area contributed by atoms with Crippen LogP contribution in [-0.2, 0) is 6.54 Å². The molecule has 0 saturated carbocycles. The van der Waals surface area contributed by atoms with Crippen LogP contribution in [0.25, 0.3) is 0 Å². The number of nitrogens with two attached hydrogens (primary N) is 1. The summed E-state index contributed by atoms with van der Waals surface area (Å²) in [4.78, 5) is 2.40. The van der Waals surface area contributed by atoms with Crippen molar-refractivity contribution in [1.29, 1.82) is 0 Å². The van der Waals surface area contributed by atoms with Gasteiger partial charge < -0.3 is 16.0 Å². The molecule has 0 spiro atoms. The summed E-state index contributed by atoms with van der Waals surface area (Å²) < 4.78 is 0. The first kappa shape index (κ1) is 10.3. The highest BCUT2D eigenvalue weighted by molar-refractivity contribution is 5.73. The summed E-state index contributed by atoms with van der Waals surface area (Å²) in [5.41, 5.74) is 9.35. The van der Waals surface area contributed by atoms with Gasteiger partial charge in [0.2, 0.25) is 0 Å². The van der Waals surface area contributed by atoms with Crippen LogP contribution in [0.3, 0.4) is 0 Å². The largest absolute Gasteiger partial charge is 0.379 e. The van der Waals surface area contributed by atoms with Crippen LogP contribution < -0.4 is 16.0 Å². The molecule has 3 heteroatoms. The lowest BCUT2D eigenvalue weighted by atomic mass is 10.1. The molecular weight excluding hydrogens is 186 g/mol. The molecular formula is C12H19N3. The molecule has 1 aromatic carbocycles. The fraction of sp³-hybridized carbons (Fsp3) is 0.500. The summed E-state index contributed by atoms with van der Waals surface area (Å²) in [5, 5.41) is 3.50. The molecule has 3 nitrogen and oxygen atoms in total. The monoisotopic (exact) mass is 205 g/mol. The summed E-state index contributed by atoms with van der Waals surface area (Å²) in [7, 11) is 0. The average Bonchev–Trinajstić information content (AvgIpc) is 2.26. The zero-order valence-corrected chi connectivity index (χ0v) is 9.46. The zero-order chi connectivity index (χ0) is 10.8. The Morgan fingerprint density at radius 3 is 3.00 bits per heavy atom. The van der Waals surface area contributed by atoms with Crippen LogP contribution in [0.2, 0.25) is 0 Å². The van der Waals surface area contributed by atoms with Gasteiger partial charge in [0.1, 0.15) is 0 Å². The number of fused-ring (bicyclic) bond motifs is 1. The highest BCUT2D eigenvalue weighted by atomic mass is 15.2. The van der Waals surface area contributed by atoms with Crippen molar-refractivity contribution in [2.45, 2.75) is 26.4 Å². The lowest BCUT2D eigenvalue weighted by Gasteiger charge is -2.35. The van der Waals surface area contributed by atoms with E-state index in [2.05, 4.69) is 42.3 Å². The number of hydrogen-bond acceptors (Lipinski definition) is 3. The Kier molecular flexibility index (Phi) is 2.82. The summed E-state index contributed by atoms with van der Waals surface area (Å²) >= 11 is 0. The Morgan fingerprint density at radius 1 is 1.53 bits per heavy atom. The maximum absolute atomic E-state index is 5.64. The third kappa shape index (κ3) is 1.92. The standard InChI is InChI=1S/C12H19N3/c1-3-15-8-9(2)14-11-6-10(7-13)4-5-12(11)15/h4-6,9,14H,3,7-8,13H2,1-2H3. The SMILES string of the molecule is CCN1CC(C)Nc2cc(CN)ccc21. The van der Waals surface area contributed by atoms with E-state index >= 15 is 0 Å². The molecule has 1 heterocycles. The Bertz CT molecular complexity index is 349. The molecule has 0 radical (unpaired) electrons. The van der Waals surface area contributed by atoms with Gasteiger partial charge >= 0.3 is 0 Å². The van der Waals surface area contributed by atoms with Gasteiger partial charge in [0.05, 0.1) is 11.4 Å². The normalized spacial score (nSPS) is 19.7. The number of likely N-dealkylation sites (N-methyl/N-ethyl adjacent to an activating group) is 1. The number of anilines is 2. The van der Waals surface area contributed by atoms with Crippen molar-refractivity contribution in [3.63, 3.8) is 0 Å². The lowest BCUT2D eigenvalue weighted by Crippen LogP contribution is -2.39. The molecule has 0 amide bonds. The molecule has 1 aliphatic heterocycles. The Morgan fingerprint density at radius 2 is 2.33 bits per heavy atom. The van der Waals surface area contributed by atoms with Gasteiger partial charge in [0.15, 0.2) is 0 Å². The van der Waals surface area contributed by atoms with E-state index in [1.54, 1.807) is 0 Å². The van der Waals surface area contributed by atoms with Crippen LogP contribution in [-0.4, -0.2) is 19.1 Å². The van der Waals surface area contributed by atoms with E-state index in [9.17, 15) is 0 Å². The van der Waals surface area contributed by atoms with Gasteiger partial charge in [-0.2, -0.15) is 0 Å². The fourth-order valence-electron chi connectivity index (χ4n) is 2.14. The smallest absolute Gasteiger partial charge is 0.0602 e.